The highest BCUT2D eigenvalue weighted by atomic mass is 28.4. The van der Waals surface area contributed by atoms with Crippen molar-refractivity contribution in [3.8, 4) is 0 Å². The van der Waals surface area contributed by atoms with Crippen molar-refractivity contribution in [3.63, 3.8) is 0 Å². The zero-order valence-corrected chi connectivity index (χ0v) is 18.1. The fraction of sp³-hybridized carbons (Fsp3) is 0.364. The Balaban J connectivity index is 2.27. The van der Waals surface area contributed by atoms with Gasteiger partial charge in [0, 0.05) is 44.8 Å². The SMILES string of the molecule is C=C(c1ccc(N(C)C)cc1)c1ccc([Si](OCC)(OCC)OCC)cc1. The second kappa shape index (κ2) is 9.85. The van der Waals surface area contributed by atoms with Crippen LogP contribution in [-0.2, 0) is 13.3 Å². The van der Waals surface area contributed by atoms with Gasteiger partial charge in [-0.25, -0.2) is 0 Å². The van der Waals surface area contributed by atoms with Crippen LogP contribution in [0.25, 0.3) is 5.57 Å². The highest BCUT2D eigenvalue weighted by molar-refractivity contribution is 6.75. The Morgan fingerprint density at radius 1 is 0.778 bits per heavy atom. The van der Waals surface area contributed by atoms with Gasteiger partial charge in [-0.2, -0.15) is 0 Å². The van der Waals surface area contributed by atoms with E-state index < -0.39 is 8.80 Å². The fourth-order valence-corrected chi connectivity index (χ4v) is 5.41. The Hall–Kier alpha value is -1.92. The van der Waals surface area contributed by atoms with E-state index in [4.69, 9.17) is 13.3 Å². The molecule has 5 heteroatoms. The molecule has 2 rings (SSSR count). The van der Waals surface area contributed by atoms with Crippen molar-refractivity contribution >= 4 is 25.3 Å². The minimum atomic E-state index is -2.86. The van der Waals surface area contributed by atoms with Crippen LogP contribution in [0, 0.1) is 0 Å². The molecule has 0 radical (unpaired) electrons. The molecular weight excluding hydrogens is 354 g/mol. The minimum absolute atomic E-state index is 0.554. The van der Waals surface area contributed by atoms with Gasteiger partial charge in [-0.15, -0.1) is 0 Å². The van der Waals surface area contributed by atoms with Crippen molar-refractivity contribution in [2.75, 3.05) is 38.8 Å². The average Bonchev–Trinajstić information content (AvgIpc) is 2.68. The van der Waals surface area contributed by atoms with Crippen molar-refractivity contribution in [2.45, 2.75) is 20.8 Å². The van der Waals surface area contributed by atoms with Crippen molar-refractivity contribution < 1.29 is 13.3 Å². The molecule has 0 bridgehead atoms. The Kier molecular flexibility index (Phi) is 7.80. The molecular formula is C22H31NO3Si. The molecule has 0 aliphatic heterocycles. The summed E-state index contributed by atoms with van der Waals surface area (Å²) < 4.78 is 18.0. The molecule has 0 spiro atoms. The molecule has 0 unspecified atom stereocenters. The standard InChI is InChI=1S/C22H31NO3Si/c1-7-24-27(25-8-2,26-9-3)22-16-12-20(13-17-22)18(4)19-10-14-21(15-11-19)23(5)6/h10-17H,4,7-9H2,1-3,5-6H3. The lowest BCUT2D eigenvalue weighted by atomic mass is 9.99. The van der Waals surface area contributed by atoms with E-state index in [0.29, 0.717) is 19.8 Å². The van der Waals surface area contributed by atoms with Crippen LogP contribution < -0.4 is 10.1 Å². The largest absolute Gasteiger partial charge is 0.537 e. The van der Waals surface area contributed by atoms with Crippen molar-refractivity contribution in [3.05, 3.63) is 66.2 Å². The molecule has 2 aromatic carbocycles. The quantitative estimate of drug-likeness (QED) is 0.577. The van der Waals surface area contributed by atoms with Gasteiger partial charge in [0.25, 0.3) is 0 Å². The molecule has 0 aliphatic rings. The first-order valence-electron chi connectivity index (χ1n) is 9.46. The molecule has 0 saturated heterocycles. The normalized spacial score (nSPS) is 11.4. The Morgan fingerprint density at radius 3 is 1.56 bits per heavy atom. The number of hydrogen-bond acceptors (Lipinski definition) is 4. The van der Waals surface area contributed by atoms with Crippen LogP contribution in [0.5, 0.6) is 0 Å². The first-order valence-corrected chi connectivity index (χ1v) is 11.2. The lowest BCUT2D eigenvalue weighted by molar-refractivity contribution is 0.0859. The van der Waals surface area contributed by atoms with Crippen LogP contribution in [0.15, 0.2) is 55.1 Å². The molecule has 0 N–H and O–H groups in total. The second-order valence-electron chi connectivity index (χ2n) is 6.35. The highest BCUT2D eigenvalue weighted by Crippen LogP contribution is 2.24. The molecule has 0 heterocycles. The first-order chi connectivity index (χ1) is 13.0. The van der Waals surface area contributed by atoms with E-state index in [1.165, 1.54) is 5.69 Å². The van der Waals surface area contributed by atoms with Crippen LogP contribution in [0.3, 0.4) is 0 Å². The molecule has 4 nitrogen and oxygen atoms in total. The van der Waals surface area contributed by atoms with E-state index in [2.05, 4.69) is 47.9 Å². The summed E-state index contributed by atoms with van der Waals surface area (Å²) in [6, 6.07) is 16.6. The zero-order valence-electron chi connectivity index (χ0n) is 17.1. The number of hydrogen-bond donors (Lipinski definition) is 0. The van der Waals surface area contributed by atoms with Crippen LogP contribution >= 0.6 is 0 Å². The maximum Gasteiger partial charge on any atom is 0.537 e. The lowest BCUT2D eigenvalue weighted by Crippen LogP contribution is -2.56. The Labute approximate surface area is 164 Å². The van der Waals surface area contributed by atoms with E-state index in [0.717, 1.165) is 21.9 Å². The molecule has 0 atom stereocenters. The summed E-state index contributed by atoms with van der Waals surface area (Å²) in [5, 5.41) is 0.979. The van der Waals surface area contributed by atoms with E-state index in [1.807, 2.05) is 47.0 Å². The van der Waals surface area contributed by atoms with Gasteiger partial charge in [-0.3, -0.25) is 0 Å². The van der Waals surface area contributed by atoms with Crippen molar-refractivity contribution in [1.82, 2.24) is 0 Å². The molecule has 0 amide bonds. The summed E-state index contributed by atoms with van der Waals surface area (Å²) in [7, 11) is 1.21. The Morgan fingerprint density at radius 2 is 1.19 bits per heavy atom. The van der Waals surface area contributed by atoms with Crippen LogP contribution in [0.4, 0.5) is 5.69 Å². The molecule has 0 aliphatic carbocycles. The van der Waals surface area contributed by atoms with Crippen LogP contribution in [0.1, 0.15) is 31.9 Å². The average molecular weight is 386 g/mol. The second-order valence-corrected chi connectivity index (χ2v) is 8.91. The van der Waals surface area contributed by atoms with Crippen LogP contribution in [0.2, 0.25) is 0 Å². The van der Waals surface area contributed by atoms with Gasteiger partial charge >= 0.3 is 8.80 Å². The van der Waals surface area contributed by atoms with Gasteiger partial charge in [0.2, 0.25) is 0 Å². The van der Waals surface area contributed by atoms with Crippen molar-refractivity contribution in [2.24, 2.45) is 0 Å². The monoisotopic (exact) mass is 385 g/mol. The molecule has 0 aromatic heterocycles. The predicted molar refractivity (Wildman–Crippen MR) is 116 cm³/mol. The Bertz CT molecular complexity index is 709. The number of rotatable bonds is 10. The topological polar surface area (TPSA) is 30.9 Å². The fourth-order valence-electron chi connectivity index (χ4n) is 2.95. The zero-order chi connectivity index (χ0) is 19.9. The van der Waals surface area contributed by atoms with E-state index in [9.17, 15) is 0 Å². The third kappa shape index (κ3) is 5.08. The van der Waals surface area contributed by atoms with Gasteiger partial charge < -0.3 is 18.2 Å². The first kappa shape index (κ1) is 21.4. The highest BCUT2D eigenvalue weighted by Gasteiger charge is 2.43. The molecule has 146 valence electrons. The number of benzene rings is 2. The third-order valence-corrected chi connectivity index (χ3v) is 7.37. The minimum Gasteiger partial charge on any atom is -0.378 e. The van der Waals surface area contributed by atoms with E-state index in [1.54, 1.807) is 0 Å². The number of nitrogens with zero attached hydrogens (tertiary/aromatic N) is 1. The predicted octanol–water partition coefficient (Wildman–Crippen LogP) is 4.07. The van der Waals surface area contributed by atoms with Gasteiger partial charge in [0.1, 0.15) is 0 Å². The van der Waals surface area contributed by atoms with Gasteiger partial charge in [0.15, 0.2) is 0 Å². The summed E-state index contributed by atoms with van der Waals surface area (Å²) in [5.41, 5.74) is 4.34. The molecule has 2 aromatic rings. The lowest BCUT2D eigenvalue weighted by Gasteiger charge is -2.28. The van der Waals surface area contributed by atoms with Gasteiger partial charge in [-0.05, 0) is 49.6 Å². The summed E-state index contributed by atoms with van der Waals surface area (Å²) in [5.74, 6) is 0. The third-order valence-electron chi connectivity index (χ3n) is 4.32. The van der Waals surface area contributed by atoms with Crippen molar-refractivity contribution in [1.29, 1.82) is 0 Å². The molecule has 0 saturated carbocycles. The van der Waals surface area contributed by atoms with Gasteiger partial charge in [-0.1, -0.05) is 43.0 Å². The van der Waals surface area contributed by atoms with Crippen LogP contribution in [-0.4, -0.2) is 42.7 Å². The number of anilines is 1. The summed E-state index contributed by atoms with van der Waals surface area (Å²) in [6.07, 6.45) is 0. The summed E-state index contributed by atoms with van der Waals surface area (Å²) >= 11 is 0. The maximum atomic E-state index is 5.98. The van der Waals surface area contributed by atoms with E-state index >= 15 is 0 Å². The maximum absolute atomic E-state index is 5.98. The summed E-state index contributed by atoms with van der Waals surface area (Å²) in [4.78, 5) is 2.08. The van der Waals surface area contributed by atoms with E-state index in [-0.39, 0.29) is 0 Å². The molecule has 27 heavy (non-hydrogen) atoms. The molecule has 0 fully saturated rings. The smallest absolute Gasteiger partial charge is 0.378 e. The van der Waals surface area contributed by atoms with Gasteiger partial charge in [0.05, 0.1) is 0 Å². The summed E-state index contributed by atoms with van der Waals surface area (Å²) in [6.45, 7) is 11.8.